The topological polar surface area (TPSA) is 53.4 Å². The summed E-state index contributed by atoms with van der Waals surface area (Å²) in [7, 11) is 0. The van der Waals surface area contributed by atoms with Gasteiger partial charge in [0, 0.05) is 32.7 Å². The van der Waals surface area contributed by atoms with Gasteiger partial charge in [0.25, 0.3) is 0 Å². The molecule has 1 amide bonds. The van der Waals surface area contributed by atoms with Crippen molar-refractivity contribution >= 4 is 40.2 Å². The van der Waals surface area contributed by atoms with Gasteiger partial charge in [0.1, 0.15) is 0 Å². The van der Waals surface area contributed by atoms with E-state index < -0.39 is 0 Å². The van der Waals surface area contributed by atoms with Crippen molar-refractivity contribution in [3.63, 3.8) is 0 Å². The number of carbonyl (C=O) groups excluding carboxylic acids is 1. The fourth-order valence-electron chi connectivity index (χ4n) is 3.68. The number of hydrogen-bond donors (Lipinski definition) is 1. The SMILES string of the molecule is CCn1c(N2CCN(CC(=O)Nc3ccccc3Cl)CC2)nc2ccccc21. The Morgan fingerprint density at radius 3 is 2.54 bits per heavy atom. The van der Waals surface area contributed by atoms with Gasteiger partial charge in [-0.2, -0.15) is 0 Å². The second-order valence-electron chi connectivity index (χ2n) is 6.94. The van der Waals surface area contributed by atoms with Gasteiger partial charge in [-0.3, -0.25) is 9.69 Å². The Balaban J connectivity index is 1.37. The van der Waals surface area contributed by atoms with Crippen LogP contribution >= 0.6 is 11.6 Å². The minimum absolute atomic E-state index is 0.0395. The minimum atomic E-state index is -0.0395. The fourth-order valence-corrected chi connectivity index (χ4v) is 3.86. The zero-order valence-electron chi connectivity index (χ0n) is 15.9. The Morgan fingerprint density at radius 2 is 1.79 bits per heavy atom. The lowest BCUT2D eigenvalue weighted by Crippen LogP contribution is -2.49. The number of nitrogens with one attached hydrogen (secondary N) is 1. The molecule has 3 aromatic rings. The number of anilines is 2. The number of amides is 1. The van der Waals surface area contributed by atoms with Crippen LogP contribution in [-0.2, 0) is 11.3 Å². The molecule has 1 aliphatic rings. The molecule has 0 bridgehead atoms. The van der Waals surface area contributed by atoms with E-state index >= 15 is 0 Å². The molecule has 0 aliphatic carbocycles. The van der Waals surface area contributed by atoms with Crippen LogP contribution in [0.3, 0.4) is 0 Å². The standard InChI is InChI=1S/C21H24ClN5O/c1-2-27-19-10-6-5-9-18(19)24-21(27)26-13-11-25(12-14-26)15-20(28)23-17-8-4-3-7-16(17)22/h3-10H,2,11-15H2,1H3,(H,23,28). The van der Waals surface area contributed by atoms with E-state index in [0.717, 1.165) is 44.2 Å². The molecule has 1 N–H and O–H groups in total. The maximum atomic E-state index is 12.4. The largest absolute Gasteiger partial charge is 0.340 e. The van der Waals surface area contributed by atoms with Crippen LogP contribution in [0.25, 0.3) is 11.0 Å². The van der Waals surface area contributed by atoms with E-state index in [1.54, 1.807) is 6.07 Å². The average molecular weight is 398 g/mol. The van der Waals surface area contributed by atoms with Crippen LogP contribution in [0.4, 0.5) is 11.6 Å². The summed E-state index contributed by atoms with van der Waals surface area (Å²) in [6, 6.07) is 15.5. The molecule has 28 heavy (non-hydrogen) atoms. The molecule has 146 valence electrons. The van der Waals surface area contributed by atoms with Gasteiger partial charge in [-0.1, -0.05) is 35.9 Å². The Kier molecular flexibility index (Phi) is 5.50. The summed E-state index contributed by atoms with van der Waals surface area (Å²) in [5, 5.41) is 3.45. The van der Waals surface area contributed by atoms with E-state index in [2.05, 4.69) is 44.8 Å². The molecule has 0 spiro atoms. The van der Waals surface area contributed by atoms with Gasteiger partial charge in [0.2, 0.25) is 11.9 Å². The van der Waals surface area contributed by atoms with Crippen LogP contribution in [0.5, 0.6) is 0 Å². The number of halogens is 1. The van der Waals surface area contributed by atoms with Crippen molar-refractivity contribution in [1.82, 2.24) is 14.5 Å². The third kappa shape index (κ3) is 3.84. The first kappa shape index (κ1) is 18.8. The normalized spacial score (nSPS) is 15.1. The van der Waals surface area contributed by atoms with E-state index in [1.807, 2.05) is 24.3 Å². The predicted octanol–water partition coefficient (Wildman–Crippen LogP) is 3.47. The highest BCUT2D eigenvalue weighted by Gasteiger charge is 2.23. The molecule has 0 unspecified atom stereocenters. The fraction of sp³-hybridized carbons (Fsp3) is 0.333. The molecule has 1 aromatic heterocycles. The summed E-state index contributed by atoms with van der Waals surface area (Å²) >= 11 is 6.12. The number of imidazole rings is 1. The molecule has 0 atom stereocenters. The van der Waals surface area contributed by atoms with Crippen LogP contribution in [0.1, 0.15) is 6.92 Å². The third-order valence-corrected chi connectivity index (χ3v) is 5.45. The maximum Gasteiger partial charge on any atom is 0.238 e. The van der Waals surface area contributed by atoms with E-state index in [-0.39, 0.29) is 5.91 Å². The number of carbonyl (C=O) groups is 1. The molecule has 1 saturated heterocycles. The van der Waals surface area contributed by atoms with Crippen LogP contribution < -0.4 is 10.2 Å². The zero-order chi connectivity index (χ0) is 19.5. The Labute approximate surface area is 169 Å². The third-order valence-electron chi connectivity index (χ3n) is 5.12. The van der Waals surface area contributed by atoms with Gasteiger partial charge in [-0.15, -0.1) is 0 Å². The number of aromatic nitrogens is 2. The number of benzene rings is 2. The lowest BCUT2D eigenvalue weighted by atomic mass is 10.3. The molecule has 2 heterocycles. The van der Waals surface area contributed by atoms with Crippen molar-refractivity contribution in [1.29, 1.82) is 0 Å². The number of piperazine rings is 1. The lowest BCUT2D eigenvalue weighted by molar-refractivity contribution is -0.117. The Bertz CT molecular complexity index is 978. The lowest BCUT2D eigenvalue weighted by Gasteiger charge is -2.35. The summed E-state index contributed by atoms with van der Waals surface area (Å²) < 4.78 is 2.26. The highest BCUT2D eigenvalue weighted by Crippen LogP contribution is 2.24. The van der Waals surface area contributed by atoms with Crippen molar-refractivity contribution in [2.45, 2.75) is 13.5 Å². The monoisotopic (exact) mass is 397 g/mol. The van der Waals surface area contributed by atoms with Gasteiger partial charge in [-0.25, -0.2) is 4.98 Å². The smallest absolute Gasteiger partial charge is 0.238 e. The van der Waals surface area contributed by atoms with Crippen molar-refractivity contribution in [3.05, 3.63) is 53.6 Å². The van der Waals surface area contributed by atoms with Gasteiger partial charge in [-0.05, 0) is 31.2 Å². The highest BCUT2D eigenvalue weighted by molar-refractivity contribution is 6.33. The van der Waals surface area contributed by atoms with Crippen molar-refractivity contribution in [2.75, 3.05) is 42.9 Å². The van der Waals surface area contributed by atoms with Gasteiger partial charge in [0.15, 0.2) is 0 Å². The second kappa shape index (κ2) is 8.20. The quantitative estimate of drug-likeness (QED) is 0.716. The molecule has 1 aliphatic heterocycles. The predicted molar refractivity (Wildman–Crippen MR) is 114 cm³/mol. The van der Waals surface area contributed by atoms with E-state index in [0.29, 0.717) is 17.3 Å². The number of para-hydroxylation sites is 3. The van der Waals surface area contributed by atoms with Crippen LogP contribution in [0.2, 0.25) is 5.02 Å². The molecule has 0 saturated carbocycles. The second-order valence-corrected chi connectivity index (χ2v) is 7.34. The molecule has 2 aromatic carbocycles. The van der Waals surface area contributed by atoms with Crippen molar-refractivity contribution < 1.29 is 4.79 Å². The summed E-state index contributed by atoms with van der Waals surface area (Å²) in [5.74, 6) is 0.978. The Hall–Kier alpha value is -2.57. The number of hydrogen-bond acceptors (Lipinski definition) is 4. The molecule has 6 nitrogen and oxygen atoms in total. The number of rotatable bonds is 5. The van der Waals surface area contributed by atoms with Gasteiger partial charge >= 0.3 is 0 Å². The molecule has 4 rings (SSSR count). The van der Waals surface area contributed by atoms with Crippen molar-refractivity contribution in [2.24, 2.45) is 0 Å². The average Bonchev–Trinajstić information content (AvgIpc) is 3.09. The van der Waals surface area contributed by atoms with Crippen LogP contribution in [0.15, 0.2) is 48.5 Å². The first-order chi connectivity index (χ1) is 13.7. The number of nitrogens with zero attached hydrogens (tertiary/aromatic N) is 4. The molecular weight excluding hydrogens is 374 g/mol. The molecular formula is C21H24ClN5O. The molecule has 0 radical (unpaired) electrons. The minimum Gasteiger partial charge on any atom is -0.340 e. The summed E-state index contributed by atoms with van der Waals surface area (Å²) in [6.07, 6.45) is 0. The van der Waals surface area contributed by atoms with Crippen molar-refractivity contribution in [3.8, 4) is 0 Å². The molecule has 7 heteroatoms. The highest BCUT2D eigenvalue weighted by atomic mass is 35.5. The summed E-state index contributed by atoms with van der Waals surface area (Å²) in [6.45, 7) is 6.74. The van der Waals surface area contributed by atoms with E-state index in [4.69, 9.17) is 16.6 Å². The molecule has 1 fully saturated rings. The van der Waals surface area contributed by atoms with E-state index in [9.17, 15) is 4.79 Å². The number of fused-ring (bicyclic) bond motifs is 1. The zero-order valence-corrected chi connectivity index (χ0v) is 16.7. The van der Waals surface area contributed by atoms with Crippen LogP contribution in [-0.4, -0.2) is 53.1 Å². The first-order valence-electron chi connectivity index (χ1n) is 9.62. The Morgan fingerprint density at radius 1 is 1.07 bits per heavy atom. The number of aryl methyl sites for hydroxylation is 1. The van der Waals surface area contributed by atoms with Gasteiger partial charge < -0.3 is 14.8 Å². The summed E-state index contributed by atoms with van der Waals surface area (Å²) in [5.41, 5.74) is 2.85. The maximum absolute atomic E-state index is 12.4. The first-order valence-corrected chi connectivity index (χ1v) is 10.0. The van der Waals surface area contributed by atoms with Crippen LogP contribution in [0, 0.1) is 0 Å². The van der Waals surface area contributed by atoms with E-state index in [1.165, 1.54) is 5.52 Å². The van der Waals surface area contributed by atoms with Gasteiger partial charge in [0.05, 0.1) is 28.3 Å². The summed E-state index contributed by atoms with van der Waals surface area (Å²) in [4.78, 5) is 21.7.